The average Bonchev–Trinajstić information content (AvgIpc) is 2.06. The van der Waals surface area contributed by atoms with Crippen molar-refractivity contribution in [2.75, 3.05) is 0 Å². The number of pyridine rings is 1. The van der Waals surface area contributed by atoms with Crippen molar-refractivity contribution in [1.82, 2.24) is 4.98 Å². The van der Waals surface area contributed by atoms with Gasteiger partial charge in [-0.2, -0.15) is 0 Å². The molecule has 0 fully saturated rings. The Kier molecular flexibility index (Phi) is 2.60. The van der Waals surface area contributed by atoms with Crippen LogP contribution in [-0.4, -0.2) is 16.4 Å². The molecule has 1 rings (SSSR count). The number of aryl methyl sites for hydroxylation is 1. The Morgan fingerprint density at radius 2 is 2.55 bits per heavy atom. The fourth-order valence-corrected chi connectivity index (χ4v) is 0.921. The van der Waals surface area contributed by atoms with Gasteiger partial charge in [0.25, 0.3) is 0 Å². The van der Waals surface area contributed by atoms with Crippen LogP contribution in [0.25, 0.3) is 0 Å². The van der Waals surface area contributed by atoms with E-state index in [0.717, 1.165) is 17.7 Å². The van der Waals surface area contributed by atoms with Crippen molar-refractivity contribution in [3.05, 3.63) is 29.6 Å². The van der Waals surface area contributed by atoms with Gasteiger partial charge in [-0.25, -0.2) is 0 Å². The predicted octanol–water partition coefficient (Wildman–Crippen LogP) is 1.45. The van der Waals surface area contributed by atoms with Crippen LogP contribution in [0.2, 0.25) is 0 Å². The first-order chi connectivity index (χ1) is 5.38. The third-order valence-electron chi connectivity index (χ3n) is 1.49. The summed E-state index contributed by atoms with van der Waals surface area (Å²) in [7, 11) is 0. The monoisotopic (exact) mass is 150 g/mol. The summed E-state index contributed by atoms with van der Waals surface area (Å²) in [6.07, 6.45) is 3.92. The molecule has 0 bridgehead atoms. The van der Waals surface area contributed by atoms with E-state index < -0.39 is 0 Å². The van der Waals surface area contributed by atoms with Crippen molar-refractivity contribution >= 4 is 6.21 Å². The van der Waals surface area contributed by atoms with Crippen molar-refractivity contribution in [2.45, 2.75) is 13.3 Å². The summed E-state index contributed by atoms with van der Waals surface area (Å²) in [5.74, 6) is 0. The molecular formula is C8H10N2O. The Morgan fingerprint density at radius 3 is 3.18 bits per heavy atom. The number of hydrogen-bond donors (Lipinski definition) is 1. The fraction of sp³-hybridized carbons (Fsp3) is 0.250. The van der Waals surface area contributed by atoms with Crippen LogP contribution >= 0.6 is 0 Å². The smallest absolute Gasteiger partial charge is 0.0920 e. The maximum Gasteiger partial charge on any atom is 0.0920 e. The van der Waals surface area contributed by atoms with E-state index in [9.17, 15) is 0 Å². The zero-order chi connectivity index (χ0) is 8.10. The van der Waals surface area contributed by atoms with Gasteiger partial charge in [0.2, 0.25) is 0 Å². The molecule has 1 heterocycles. The molecule has 0 radical (unpaired) electrons. The molecule has 0 atom stereocenters. The van der Waals surface area contributed by atoms with Crippen LogP contribution in [0.5, 0.6) is 0 Å². The molecule has 58 valence electrons. The highest BCUT2D eigenvalue weighted by molar-refractivity contribution is 5.78. The molecule has 1 aromatic rings. The largest absolute Gasteiger partial charge is 0.411 e. The summed E-state index contributed by atoms with van der Waals surface area (Å²) in [5, 5.41) is 11.2. The van der Waals surface area contributed by atoms with E-state index in [-0.39, 0.29) is 0 Å². The van der Waals surface area contributed by atoms with Crippen molar-refractivity contribution in [1.29, 1.82) is 0 Å². The topological polar surface area (TPSA) is 45.5 Å². The van der Waals surface area contributed by atoms with E-state index in [1.165, 1.54) is 6.21 Å². The van der Waals surface area contributed by atoms with E-state index in [0.29, 0.717) is 0 Å². The molecule has 3 heteroatoms. The number of oxime groups is 1. The van der Waals surface area contributed by atoms with Gasteiger partial charge in [-0.1, -0.05) is 18.1 Å². The van der Waals surface area contributed by atoms with Crippen LogP contribution in [0.4, 0.5) is 0 Å². The third kappa shape index (κ3) is 1.77. The minimum atomic E-state index is 0.734. The van der Waals surface area contributed by atoms with Gasteiger partial charge in [-0.05, 0) is 18.1 Å². The van der Waals surface area contributed by atoms with E-state index in [2.05, 4.69) is 10.1 Å². The lowest BCUT2D eigenvalue weighted by atomic mass is 10.1. The molecule has 0 saturated carbocycles. The van der Waals surface area contributed by atoms with Gasteiger partial charge in [0.15, 0.2) is 0 Å². The number of aromatic nitrogens is 1. The molecule has 1 N–H and O–H groups in total. The molecule has 11 heavy (non-hydrogen) atoms. The van der Waals surface area contributed by atoms with Crippen LogP contribution in [0, 0.1) is 0 Å². The lowest BCUT2D eigenvalue weighted by Crippen LogP contribution is -1.93. The van der Waals surface area contributed by atoms with Gasteiger partial charge in [0.05, 0.1) is 11.9 Å². The van der Waals surface area contributed by atoms with Gasteiger partial charge in [0.1, 0.15) is 0 Å². The molecule has 0 amide bonds. The second-order valence-electron chi connectivity index (χ2n) is 2.15. The van der Waals surface area contributed by atoms with Crippen molar-refractivity contribution in [3.8, 4) is 0 Å². The Bertz CT molecular complexity index is 258. The molecule has 0 aliphatic rings. The Morgan fingerprint density at radius 1 is 1.73 bits per heavy atom. The third-order valence-corrected chi connectivity index (χ3v) is 1.49. The maximum absolute atomic E-state index is 8.27. The second-order valence-corrected chi connectivity index (χ2v) is 2.15. The first-order valence-electron chi connectivity index (χ1n) is 3.49. The fourth-order valence-electron chi connectivity index (χ4n) is 0.921. The number of hydrogen-bond acceptors (Lipinski definition) is 3. The number of nitrogens with zero attached hydrogens (tertiary/aromatic N) is 2. The minimum Gasteiger partial charge on any atom is -0.411 e. The highest BCUT2D eigenvalue weighted by Gasteiger charge is 1.96. The summed E-state index contributed by atoms with van der Waals surface area (Å²) in [6.45, 7) is 2.03. The lowest BCUT2D eigenvalue weighted by Gasteiger charge is -1.97. The molecule has 0 aliphatic heterocycles. The Labute approximate surface area is 65.4 Å². The maximum atomic E-state index is 8.27. The SMILES string of the molecule is CCc1cccnc1/C=N/O. The Balaban J connectivity index is 3.02. The van der Waals surface area contributed by atoms with E-state index in [1.807, 2.05) is 19.1 Å². The summed E-state index contributed by atoms with van der Waals surface area (Å²) in [4.78, 5) is 4.03. The van der Waals surface area contributed by atoms with Crippen molar-refractivity contribution in [3.63, 3.8) is 0 Å². The van der Waals surface area contributed by atoms with Crippen molar-refractivity contribution in [2.24, 2.45) is 5.16 Å². The molecule has 0 spiro atoms. The normalized spacial score (nSPS) is 10.6. The van der Waals surface area contributed by atoms with Crippen LogP contribution in [0.15, 0.2) is 23.5 Å². The second kappa shape index (κ2) is 3.71. The highest BCUT2D eigenvalue weighted by atomic mass is 16.4. The van der Waals surface area contributed by atoms with Crippen LogP contribution in [0.1, 0.15) is 18.2 Å². The first kappa shape index (κ1) is 7.72. The van der Waals surface area contributed by atoms with Gasteiger partial charge in [-0.15, -0.1) is 0 Å². The van der Waals surface area contributed by atoms with Crippen molar-refractivity contribution < 1.29 is 5.21 Å². The zero-order valence-corrected chi connectivity index (χ0v) is 6.36. The molecule has 0 aromatic carbocycles. The van der Waals surface area contributed by atoms with Gasteiger partial charge >= 0.3 is 0 Å². The highest BCUT2D eigenvalue weighted by Crippen LogP contribution is 2.02. The molecule has 0 aliphatic carbocycles. The summed E-state index contributed by atoms with van der Waals surface area (Å²) < 4.78 is 0. The molecule has 0 saturated heterocycles. The van der Waals surface area contributed by atoms with E-state index in [1.54, 1.807) is 6.20 Å². The lowest BCUT2D eigenvalue weighted by molar-refractivity contribution is 0.321. The zero-order valence-electron chi connectivity index (χ0n) is 6.36. The van der Waals surface area contributed by atoms with Crippen LogP contribution < -0.4 is 0 Å². The Hall–Kier alpha value is -1.38. The average molecular weight is 150 g/mol. The summed E-state index contributed by atoms with van der Waals surface area (Å²) in [6, 6.07) is 3.83. The standard InChI is InChI=1S/C8H10N2O/c1-2-7-4-3-5-9-8(7)6-10-11/h3-6,11H,2H2,1H3/b10-6+. The first-order valence-corrected chi connectivity index (χ1v) is 3.49. The molecule has 3 nitrogen and oxygen atoms in total. The summed E-state index contributed by atoms with van der Waals surface area (Å²) >= 11 is 0. The number of rotatable bonds is 2. The molecule has 0 unspecified atom stereocenters. The quantitative estimate of drug-likeness (QED) is 0.394. The predicted molar refractivity (Wildman–Crippen MR) is 43.0 cm³/mol. The minimum absolute atomic E-state index is 0.734. The van der Waals surface area contributed by atoms with Gasteiger partial charge in [0, 0.05) is 6.20 Å². The molecule has 1 aromatic heterocycles. The summed E-state index contributed by atoms with van der Waals surface area (Å²) in [5.41, 5.74) is 1.82. The van der Waals surface area contributed by atoms with Gasteiger partial charge in [-0.3, -0.25) is 4.98 Å². The van der Waals surface area contributed by atoms with Crippen LogP contribution in [0.3, 0.4) is 0 Å². The van der Waals surface area contributed by atoms with E-state index >= 15 is 0 Å². The van der Waals surface area contributed by atoms with E-state index in [4.69, 9.17) is 5.21 Å². The van der Waals surface area contributed by atoms with Gasteiger partial charge < -0.3 is 5.21 Å². The molecular weight excluding hydrogens is 140 g/mol. The van der Waals surface area contributed by atoms with Crippen LogP contribution in [-0.2, 0) is 6.42 Å².